The standard InChI is InChI=1S/C10H14N2O3S/c1-5-6(2)16-7(12-5)4-10(3,8(11)13)9(14)15/h4H2,1-3H3,(H2,11,13)(H,14,15). The van der Waals surface area contributed by atoms with E-state index >= 15 is 0 Å². The second-order valence-corrected chi connectivity index (χ2v) is 5.22. The summed E-state index contributed by atoms with van der Waals surface area (Å²) in [6, 6.07) is 0. The number of carboxylic acids is 1. The van der Waals surface area contributed by atoms with Crippen molar-refractivity contribution in [1.82, 2.24) is 4.98 Å². The average Bonchev–Trinajstić information content (AvgIpc) is 2.44. The molecule has 0 aliphatic carbocycles. The van der Waals surface area contributed by atoms with Crippen molar-refractivity contribution in [3.63, 3.8) is 0 Å². The molecule has 1 aromatic rings. The van der Waals surface area contributed by atoms with Gasteiger partial charge in [0.1, 0.15) is 5.41 Å². The molecule has 0 fully saturated rings. The molecule has 6 heteroatoms. The van der Waals surface area contributed by atoms with Crippen LogP contribution in [0.15, 0.2) is 0 Å². The van der Waals surface area contributed by atoms with Gasteiger partial charge in [0.2, 0.25) is 5.91 Å². The lowest BCUT2D eigenvalue weighted by Gasteiger charge is -2.18. The molecule has 1 rings (SSSR count). The van der Waals surface area contributed by atoms with Gasteiger partial charge >= 0.3 is 5.97 Å². The first-order chi connectivity index (χ1) is 7.27. The van der Waals surface area contributed by atoms with E-state index in [9.17, 15) is 9.59 Å². The van der Waals surface area contributed by atoms with Crippen molar-refractivity contribution < 1.29 is 14.7 Å². The number of nitrogens with two attached hydrogens (primary N) is 1. The number of hydrogen-bond donors (Lipinski definition) is 2. The van der Waals surface area contributed by atoms with Crippen LogP contribution in [0.3, 0.4) is 0 Å². The summed E-state index contributed by atoms with van der Waals surface area (Å²) in [7, 11) is 0. The highest BCUT2D eigenvalue weighted by molar-refractivity contribution is 7.11. The monoisotopic (exact) mass is 242 g/mol. The molecule has 0 bridgehead atoms. The summed E-state index contributed by atoms with van der Waals surface area (Å²) >= 11 is 1.39. The first-order valence-corrected chi connectivity index (χ1v) is 5.55. The summed E-state index contributed by atoms with van der Waals surface area (Å²) in [5.41, 5.74) is 4.39. The number of aromatic nitrogens is 1. The molecule has 0 aliphatic rings. The fraction of sp³-hybridized carbons (Fsp3) is 0.500. The highest BCUT2D eigenvalue weighted by Gasteiger charge is 2.40. The van der Waals surface area contributed by atoms with E-state index in [2.05, 4.69) is 4.98 Å². The second kappa shape index (κ2) is 4.21. The molecule has 0 radical (unpaired) electrons. The molecule has 1 unspecified atom stereocenters. The summed E-state index contributed by atoms with van der Waals surface area (Å²) in [5.74, 6) is -2.06. The predicted molar refractivity (Wildman–Crippen MR) is 60.2 cm³/mol. The van der Waals surface area contributed by atoms with Gasteiger partial charge in [0, 0.05) is 11.3 Å². The van der Waals surface area contributed by atoms with Gasteiger partial charge in [-0.2, -0.15) is 0 Å². The van der Waals surface area contributed by atoms with Crippen LogP contribution in [0.2, 0.25) is 0 Å². The Morgan fingerprint density at radius 1 is 1.50 bits per heavy atom. The fourth-order valence-corrected chi connectivity index (χ4v) is 2.28. The molecule has 16 heavy (non-hydrogen) atoms. The molecule has 0 spiro atoms. The van der Waals surface area contributed by atoms with Crippen molar-refractivity contribution in [2.24, 2.45) is 11.1 Å². The van der Waals surface area contributed by atoms with Crippen LogP contribution >= 0.6 is 11.3 Å². The number of primary amides is 1. The molecule has 88 valence electrons. The number of nitrogens with zero attached hydrogens (tertiary/aromatic N) is 1. The van der Waals surface area contributed by atoms with Crippen molar-refractivity contribution in [2.75, 3.05) is 0 Å². The zero-order chi connectivity index (χ0) is 12.5. The van der Waals surface area contributed by atoms with Crippen molar-refractivity contribution in [1.29, 1.82) is 0 Å². The first kappa shape index (κ1) is 12.6. The Bertz CT molecular complexity index is 406. The van der Waals surface area contributed by atoms with Crippen molar-refractivity contribution in [3.05, 3.63) is 15.6 Å². The van der Waals surface area contributed by atoms with E-state index in [4.69, 9.17) is 10.8 Å². The number of aryl methyl sites for hydroxylation is 2. The molecule has 0 saturated heterocycles. The van der Waals surface area contributed by atoms with Crippen LogP contribution in [0.5, 0.6) is 0 Å². The number of thiazole rings is 1. The van der Waals surface area contributed by atoms with Crippen LogP contribution < -0.4 is 5.73 Å². The summed E-state index contributed by atoms with van der Waals surface area (Å²) in [6.07, 6.45) is 0.0387. The molecule has 1 atom stereocenters. The van der Waals surface area contributed by atoms with Gasteiger partial charge in [0.25, 0.3) is 0 Å². The minimum Gasteiger partial charge on any atom is -0.480 e. The number of aliphatic carboxylic acids is 1. The lowest BCUT2D eigenvalue weighted by atomic mass is 9.86. The zero-order valence-corrected chi connectivity index (χ0v) is 10.2. The Hall–Kier alpha value is -1.43. The van der Waals surface area contributed by atoms with Crippen LogP contribution in [0.1, 0.15) is 22.5 Å². The summed E-state index contributed by atoms with van der Waals surface area (Å²) < 4.78 is 0. The average molecular weight is 242 g/mol. The lowest BCUT2D eigenvalue weighted by Crippen LogP contribution is -2.43. The molecule has 1 amide bonds. The van der Waals surface area contributed by atoms with Gasteiger partial charge in [0.05, 0.1) is 10.7 Å². The number of amides is 1. The Balaban J connectivity index is 3.01. The summed E-state index contributed by atoms with van der Waals surface area (Å²) in [4.78, 5) is 27.4. The maximum absolute atomic E-state index is 11.2. The van der Waals surface area contributed by atoms with E-state index in [1.54, 1.807) is 0 Å². The van der Waals surface area contributed by atoms with E-state index in [1.165, 1.54) is 18.3 Å². The normalized spacial score (nSPS) is 14.4. The zero-order valence-electron chi connectivity index (χ0n) is 9.40. The fourth-order valence-electron chi connectivity index (χ4n) is 1.19. The Labute approximate surface area is 97.3 Å². The second-order valence-electron chi connectivity index (χ2n) is 3.93. The molecular formula is C10H14N2O3S. The Morgan fingerprint density at radius 2 is 2.06 bits per heavy atom. The van der Waals surface area contributed by atoms with Crippen molar-refractivity contribution in [3.8, 4) is 0 Å². The van der Waals surface area contributed by atoms with E-state index in [1.807, 2.05) is 13.8 Å². The van der Waals surface area contributed by atoms with Gasteiger partial charge < -0.3 is 10.8 Å². The number of rotatable bonds is 4. The van der Waals surface area contributed by atoms with Crippen LogP contribution in [-0.2, 0) is 16.0 Å². The molecule has 0 aliphatic heterocycles. The van der Waals surface area contributed by atoms with Crippen molar-refractivity contribution in [2.45, 2.75) is 27.2 Å². The molecule has 0 aromatic carbocycles. The van der Waals surface area contributed by atoms with Gasteiger partial charge in [-0.15, -0.1) is 11.3 Å². The first-order valence-electron chi connectivity index (χ1n) is 4.73. The van der Waals surface area contributed by atoms with Crippen LogP contribution in [0.25, 0.3) is 0 Å². The SMILES string of the molecule is Cc1nc(CC(C)(C(N)=O)C(=O)O)sc1C. The summed E-state index contributed by atoms with van der Waals surface area (Å²) in [6.45, 7) is 5.07. The molecule has 0 saturated carbocycles. The largest absolute Gasteiger partial charge is 0.480 e. The number of carboxylic acid groups (broad SMARTS) is 1. The number of carbonyl (C=O) groups is 2. The predicted octanol–water partition coefficient (Wildman–Crippen LogP) is 0.879. The highest BCUT2D eigenvalue weighted by atomic mass is 32.1. The lowest BCUT2D eigenvalue weighted by molar-refractivity contribution is -0.153. The smallest absolute Gasteiger partial charge is 0.319 e. The molecular weight excluding hydrogens is 228 g/mol. The third-order valence-corrected chi connectivity index (χ3v) is 3.67. The van der Waals surface area contributed by atoms with Gasteiger partial charge in [-0.05, 0) is 20.8 Å². The van der Waals surface area contributed by atoms with Crippen LogP contribution in [-0.4, -0.2) is 22.0 Å². The summed E-state index contributed by atoms with van der Waals surface area (Å²) in [5, 5.41) is 9.64. The Kier molecular flexibility index (Phi) is 3.32. The Morgan fingerprint density at radius 3 is 2.38 bits per heavy atom. The number of carbonyl (C=O) groups excluding carboxylic acids is 1. The van der Waals surface area contributed by atoms with E-state index in [0.717, 1.165) is 10.6 Å². The topological polar surface area (TPSA) is 93.3 Å². The van der Waals surface area contributed by atoms with E-state index in [-0.39, 0.29) is 6.42 Å². The molecule has 1 aromatic heterocycles. The minimum atomic E-state index is -1.59. The van der Waals surface area contributed by atoms with E-state index < -0.39 is 17.3 Å². The molecule has 5 nitrogen and oxygen atoms in total. The van der Waals surface area contributed by atoms with Crippen LogP contribution in [0.4, 0.5) is 0 Å². The molecule has 3 N–H and O–H groups in total. The maximum Gasteiger partial charge on any atom is 0.319 e. The highest BCUT2D eigenvalue weighted by Crippen LogP contribution is 2.26. The third-order valence-electron chi connectivity index (χ3n) is 2.59. The van der Waals surface area contributed by atoms with Crippen molar-refractivity contribution >= 4 is 23.2 Å². The van der Waals surface area contributed by atoms with Gasteiger partial charge in [0.15, 0.2) is 0 Å². The molecule has 1 heterocycles. The number of hydrogen-bond acceptors (Lipinski definition) is 4. The van der Waals surface area contributed by atoms with Gasteiger partial charge in [-0.3, -0.25) is 9.59 Å². The van der Waals surface area contributed by atoms with Crippen LogP contribution in [0, 0.1) is 19.3 Å². The maximum atomic E-state index is 11.2. The third kappa shape index (κ3) is 2.21. The van der Waals surface area contributed by atoms with Gasteiger partial charge in [-0.1, -0.05) is 0 Å². The van der Waals surface area contributed by atoms with E-state index in [0.29, 0.717) is 5.01 Å². The van der Waals surface area contributed by atoms with Gasteiger partial charge in [-0.25, -0.2) is 4.98 Å². The quantitative estimate of drug-likeness (QED) is 0.766. The minimum absolute atomic E-state index is 0.0387.